The molecule has 1 heterocycles. The monoisotopic (exact) mass is 349 g/mol. The van der Waals surface area contributed by atoms with Crippen molar-refractivity contribution in [2.24, 2.45) is 5.16 Å². The molecule has 1 aromatic heterocycles. The molecule has 0 atom stereocenters. The Kier molecular flexibility index (Phi) is 3.79. The number of hydrogen-bond donors (Lipinski definition) is 0. The van der Waals surface area contributed by atoms with E-state index in [1.54, 1.807) is 13.2 Å². The third kappa shape index (κ3) is 2.58. The second-order valence-electron chi connectivity index (χ2n) is 4.50. The van der Waals surface area contributed by atoms with Gasteiger partial charge in [0.05, 0.1) is 19.1 Å². The van der Waals surface area contributed by atoms with E-state index in [1.807, 2.05) is 12.1 Å². The lowest BCUT2D eigenvalue weighted by Gasteiger charge is -2.08. The van der Waals surface area contributed by atoms with Crippen LogP contribution in [0.5, 0.6) is 5.75 Å². The van der Waals surface area contributed by atoms with Crippen molar-refractivity contribution < 1.29 is 18.8 Å². The van der Waals surface area contributed by atoms with Crippen molar-refractivity contribution >= 4 is 27.6 Å². The molecule has 1 aliphatic rings. The second kappa shape index (κ2) is 5.73. The summed E-state index contributed by atoms with van der Waals surface area (Å²) in [6.45, 7) is 0. The van der Waals surface area contributed by atoms with Crippen LogP contribution in [-0.2, 0) is 11.3 Å². The fourth-order valence-electron chi connectivity index (χ4n) is 2.33. The van der Waals surface area contributed by atoms with Gasteiger partial charge >= 0.3 is 5.97 Å². The van der Waals surface area contributed by atoms with Gasteiger partial charge in [-0.1, -0.05) is 21.1 Å². The molecule has 3 rings (SSSR count). The molecule has 0 unspecified atom stereocenters. The Morgan fingerprint density at radius 3 is 2.90 bits per heavy atom. The summed E-state index contributed by atoms with van der Waals surface area (Å²) in [4.78, 5) is 16.7. The van der Waals surface area contributed by atoms with Gasteiger partial charge in [0.15, 0.2) is 0 Å². The fraction of sp³-hybridized carbons (Fsp3) is 0.200. The first-order valence-electron chi connectivity index (χ1n) is 6.38. The number of nitrogens with zero attached hydrogens (tertiary/aromatic N) is 1. The Bertz CT molecular complexity index is 707. The summed E-state index contributed by atoms with van der Waals surface area (Å²) >= 11 is 3.52. The average molecular weight is 350 g/mol. The summed E-state index contributed by atoms with van der Waals surface area (Å²) in [5, 5.41) is 3.98. The van der Waals surface area contributed by atoms with E-state index in [0.717, 1.165) is 27.8 Å². The molecule has 0 radical (unpaired) electrons. The quantitative estimate of drug-likeness (QED) is 0.627. The zero-order valence-electron chi connectivity index (χ0n) is 11.3. The zero-order chi connectivity index (χ0) is 14.8. The maximum absolute atomic E-state index is 11.7. The number of oxime groups is 1. The fourth-order valence-corrected chi connectivity index (χ4v) is 2.86. The maximum Gasteiger partial charge on any atom is 0.400 e. The number of ether oxygens (including phenoxy) is 1. The molecule has 0 fully saturated rings. The molecule has 0 saturated heterocycles. The van der Waals surface area contributed by atoms with Gasteiger partial charge < -0.3 is 14.0 Å². The first kappa shape index (κ1) is 13.9. The summed E-state index contributed by atoms with van der Waals surface area (Å²) in [6, 6.07) is 6.95. The minimum Gasteiger partial charge on any atom is -0.496 e. The van der Waals surface area contributed by atoms with Gasteiger partial charge in [-0.05, 0) is 42.7 Å². The number of methoxy groups -OCH3 is 1. The van der Waals surface area contributed by atoms with E-state index >= 15 is 0 Å². The highest BCUT2D eigenvalue weighted by atomic mass is 79.9. The van der Waals surface area contributed by atoms with Crippen LogP contribution in [0.3, 0.4) is 0 Å². The average Bonchev–Trinajstić information content (AvgIpc) is 3.15. The van der Waals surface area contributed by atoms with Crippen LogP contribution >= 0.6 is 15.9 Å². The standard InChI is InChI=1S/C15H12BrNO4/c1-19-12-7-5-10(16)9-4-6-11(14(9)12)17-21-15(18)13-3-2-8-20-13/h2-3,5,7-8H,4,6H2,1H3/b17-11+. The summed E-state index contributed by atoms with van der Waals surface area (Å²) in [5.74, 6) is 0.229. The number of halogens is 1. The predicted molar refractivity (Wildman–Crippen MR) is 79.7 cm³/mol. The van der Waals surface area contributed by atoms with Gasteiger partial charge in [0.25, 0.3) is 0 Å². The van der Waals surface area contributed by atoms with Gasteiger partial charge in [-0.2, -0.15) is 0 Å². The number of hydrogen-bond acceptors (Lipinski definition) is 5. The summed E-state index contributed by atoms with van der Waals surface area (Å²) < 4.78 is 11.3. The van der Waals surface area contributed by atoms with Crippen LogP contribution < -0.4 is 4.74 Å². The molecule has 1 aliphatic carbocycles. The number of rotatable bonds is 3. The van der Waals surface area contributed by atoms with E-state index in [0.29, 0.717) is 12.1 Å². The first-order valence-corrected chi connectivity index (χ1v) is 7.17. The third-order valence-electron chi connectivity index (χ3n) is 3.30. The van der Waals surface area contributed by atoms with E-state index in [4.69, 9.17) is 14.0 Å². The highest BCUT2D eigenvalue weighted by molar-refractivity contribution is 9.10. The van der Waals surface area contributed by atoms with Crippen LogP contribution in [0.2, 0.25) is 0 Å². The van der Waals surface area contributed by atoms with E-state index in [9.17, 15) is 4.79 Å². The smallest absolute Gasteiger partial charge is 0.400 e. The highest BCUT2D eigenvalue weighted by Crippen LogP contribution is 2.36. The molecule has 108 valence electrons. The molecule has 0 amide bonds. The second-order valence-corrected chi connectivity index (χ2v) is 5.35. The number of carbonyl (C=O) groups is 1. The number of carbonyl (C=O) groups excluding carboxylic acids is 1. The van der Waals surface area contributed by atoms with Crippen LogP contribution in [0.25, 0.3) is 0 Å². The molecule has 21 heavy (non-hydrogen) atoms. The maximum atomic E-state index is 11.7. The lowest BCUT2D eigenvalue weighted by atomic mass is 10.1. The van der Waals surface area contributed by atoms with Gasteiger partial charge in [0.2, 0.25) is 5.76 Å². The Morgan fingerprint density at radius 2 is 2.19 bits per heavy atom. The lowest BCUT2D eigenvalue weighted by Crippen LogP contribution is -2.04. The molecule has 0 N–H and O–H groups in total. The predicted octanol–water partition coefficient (Wildman–Crippen LogP) is 3.56. The topological polar surface area (TPSA) is 61.0 Å². The zero-order valence-corrected chi connectivity index (χ0v) is 12.8. The van der Waals surface area contributed by atoms with Gasteiger partial charge in [0.1, 0.15) is 5.75 Å². The van der Waals surface area contributed by atoms with Crippen molar-refractivity contribution in [2.75, 3.05) is 7.11 Å². The number of furan rings is 1. The van der Waals surface area contributed by atoms with Gasteiger partial charge in [0, 0.05) is 10.0 Å². The summed E-state index contributed by atoms with van der Waals surface area (Å²) in [5.41, 5.74) is 2.70. The Morgan fingerprint density at radius 1 is 1.33 bits per heavy atom. The summed E-state index contributed by atoms with van der Waals surface area (Å²) in [6.07, 6.45) is 2.93. The van der Waals surface area contributed by atoms with Crippen LogP contribution in [0.4, 0.5) is 0 Å². The molecule has 5 nitrogen and oxygen atoms in total. The van der Waals surface area contributed by atoms with E-state index in [1.165, 1.54) is 12.3 Å². The van der Waals surface area contributed by atoms with E-state index in [2.05, 4.69) is 21.1 Å². The number of benzene rings is 1. The van der Waals surface area contributed by atoms with Crippen LogP contribution in [-0.4, -0.2) is 18.8 Å². The Hall–Kier alpha value is -2.08. The molecule has 0 bridgehead atoms. The Labute approximate surface area is 129 Å². The molecule has 0 aliphatic heterocycles. The minimum atomic E-state index is -0.616. The molecule has 2 aromatic rings. The van der Waals surface area contributed by atoms with Crippen LogP contribution in [0, 0.1) is 0 Å². The molecular formula is C15H12BrNO4. The molecule has 6 heteroatoms. The highest BCUT2D eigenvalue weighted by Gasteiger charge is 2.25. The summed E-state index contributed by atoms with van der Waals surface area (Å²) in [7, 11) is 1.61. The molecule has 0 saturated carbocycles. The van der Waals surface area contributed by atoms with Crippen molar-refractivity contribution in [3.05, 3.63) is 51.9 Å². The SMILES string of the molecule is COc1ccc(Br)c2c1/C(=N/OC(=O)c1ccco1)CC2. The van der Waals surface area contributed by atoms with Crippen molar-refractivity contribution in [3.8, 4) is 5.75 Å². The molecule has 0 spiro atoms. The Balaban J connectivity index is 1.88. The number of fused-ring (bicyclic) bond motifs is 1. The van der Waals surface area contributed by atoms with Crippen LogP contribution in [0.1, 0.15) is 28.1 Å². The van der Waals surface area contributed by atoms with Gasteiger partial charge in [-0.25, -0.2) is 4.79 Å². The van der Waals surface area contributed by atoms with E-state index < -0.39 is 5.97 Å². The lowest BCUT2D eigenvalue weighted by molar-refractivity contribution is 0.0479. The molecular weight excluding hydrogens is 338 g/mol. The first-order chi connectivity index (χ1) is 10.2. The van der Waals surface area contributed by atoms with Crippen molar-refractivity contribution in [2.45, 2.75) is 12.8 Å². The van der Waals surface area contributed by atoms with Crippen molar-refractivity contribution in [1.82, 2.24) is 0 Å². The van der Waals surface area contributed by atoms with Gasteiger partial charge in [-0.15, -0.1) is 0 Å². The van der Waals surface area contributed by atoms with Crippen molar-refractivity contribution in [1.29, 1.82) is 0 Å². The van der Waals surface area contributed by atoms with Gasteiger partial charge in [-0.3, -0.25) is 0 Å². The van der Waals surface area contributed by atoms with Crippen molar-refractivity contribution in [3.63, 3.8) is 0 Å². The van der Waals surface area contributed by atoms with Crippen LogP contribution in [0.15, 0.2) is 44.6 Å². The minimum absolute atomic E-state index is 0.124. The largest absolute Gasteiger partial charge is 0.496 e. The normalized spacial score (nSPS) is 15.0. The van der Waals surface area contributed by atoms with E-state index in [-0.39, 0.29) is 5.76 Å². The third-order valence-corrected chi connectivity index (χ3v) is 4.04. The molecule has 1 aromatic carbocycles.